The van der Waals surface area contributed by atoms with E-state index in [1.165, 1.54) is 11.3 Å². The number of fused-ring (bicyclic) bond motifs is 1. The monoisotopic (exact) mass is 354 g/mol. The van der Waals surface area contributed by atoms with Crippen LogP contribution in [0.4, 0.5) is 5.13 Å². The summed E-state index contributed by atoms with van der Waals surface area (Å²) in [6.07, 6.45) is 5.14. The topological polar surface area (TPSA) is 78.1 Å². The molecule has 2 amide bonds. The van der Waals surface area contributed by atoms with Crippen molar-refractivity contribution in [2.24, 2.45) is 5.92 Å². The number of nitrogens with zero attached hydrogens (tertiary/aromatic N) is 2. The van der Waals surface area contributed by atoms with Gasteiger partial charge in [-0.1, -0.05) is 0 Å². The summed E-state index contributed by atoms with van der Waals surface area (Å²) in [5, 5.41) is 6.28. The van der Waals surface area contributed by atoms with Gasteiger partial charge in [-0.3, -0.25) is 9.59 Å². The molecule has 0 saturated carbocycles. The van der Waals surface area contributed by atoms with E-state index in [1.807, 2.05) is 35.8 Å². The van der Waals surface area contributed by atoms with E-state index in [1.54, 1.807) is 11.1 Å². The van der Waals surface area contributed by atoms with Crippen molar-refractivity contribution in [3.05, 3.63) is 47.6 Å². The Morgan fingerprint density at radius 3 is 3.08 bits per heavy atom. The van der Waals surface area contributed by atoms with Gasteiger partial charge in [-0.2, -0.15) is 0 Å². The average Bonchev–Trinajstić information content (AvgIpc) is 3.32. The number of thiazole rings is 1. The van der Waals surface area contributed by atoms with Crippen LogP contribution >= 0.6 is 11.3 Å². The fraction of sp³-hybridized carbons (Fsp3) is 0.278. The number of carbonyl (C=O) groups is 2. The summed E-state index contributed by atoms with van der Waals surface area (Å²) < 4.78 is 0. The van der Waals surface area contributed by atoms with Crippen molar-refractivity contribution in [2.75, 3.05) is 18.4 Å². The Labute approximate surface area is 148 Å². The summed E-state index contributed by atoms with van der Waals surface area (Å²) in [5.74, 6) is -0.277. The SMILES string of the molecule is O=C(Nc1nccs1)[C@H]1CCCN(C(=O)c2ccc3[nH]ccc3c2)C1. The number of carbonyl (C=O) groups excluding carboxylic acids is 2. The quantitative estimate of drug-likeness (QED) is 0.758. The number of hydrogen-bond donors (Lipinski definition) is 2. The molecule has 0 spiro atoms. The number of benzene rings is 1. The van der Waals surface area contributed by atoms with Gasteiger partial charge >= 0.3 is 0 Å². The van der Waals surface area contributed by atoms with Gasteiger partial charge in [0.25, 0.3) is 5.91 Å². The van der Waals surface area contributed by atoms with E-state index in [2.05, 4.69) is 15.3 Å². The Balaban J connectivity index is 1.46. The van der Waals surface area contributed by atoms with Crippen LogP contribution in [0.25, 0.3) is 10.9 Å². The van der Waals surface area contributed by atoms with Crippen molar-refractivity contribution >= 4 is 39.2 Å². The van der Waals surface area contributed by atoms with Crippen molar-refractivity contribution in [1.82, 2.24) is 14.9 Å². The second kappa shape index (κ2) is 6.68. The zero-order valence-corrected chi connectivity index (χ0v) is 14.4. The van der Waals surface area contributed by atoms with E-state index >= 15 is 0 Å². The first-order valence-corrected chi connectivity index (χ1v) is 9.15. The van der Waals surface area contributed by atoms with Gasteiger partial charge in [-0.25, -0.2) is 4.98 Å². The summed E-state index contributed by atoms with van der Waals surface area (Å²) in [4.78, 5) is 34.2. The van der Waals surface area contributed by atoms with Crippen LogP contribution in [-0.2, 0) is 4.79 Å². The van der Waals surface area contributed by atoms with Crippen LogP contribution < -0.4 is 5.32 Å². The number of rotatable bonds is 3. The molecule has 0 aliphatic carbocycles. The highest BCUT2D eigenvalue weighted by atomic mass is 32.1. The van der Waals surface area contributed by atoms with Crippen LogP contribution in [0, 0.1) is 5.92 Å². The van der Waals surface area contributed by atoms with Gasteiger partial charge in [-0.15, -0.1) is 11.3 Å². The first-order valence-electron chi connectivity index (χ1n) is 8.27. The van der Waals surface area contributed by atoms with E-state index in [0.717, 1.165) is 23.7 Å². The zero-order chi connectivity index (χ0) is 17.2. The first-order chi connectivity index (χ1) is 12.2. The first kappa shape index (κ1) is 15.8. The molecule has 2 N–H and O–H groups in total. The standard InChI is InChI=1S/C18H18N4O2S/c23-16(21-18-20-7-9-25-18)14-2-1-8-22(11-14)17(24)13-3-4-15-12(10-13)5-6-19-15/h3-7,9-10,14,19H,1-2,8,11H2,(H,20,21,23)/t14-/m0/s1. The number of likely N-dealkylation sites (tertiary alicyclic amines) is 1. The molecule has 25 heavy (non-hydrogen) atoms. The lowest BCUT2D eigenvalue weighted by atomic mass is 9.96. The molecule has 4 rings (SSSR count). The van der Waals surface area contributed by atoms with Crippen LogP contribution in [0.3, 0.4) is 0 Å². The van der Waals surface area contributed by atoms with Gasteiger partial charge in [0.15, 0.2) is 5.13 Å². The minimum atomic E-state index is -0.197. The fourth-order valence-electron chi connectivity index (χ4n) is 3.24. The Morgan fingerprint density at radius 2 is 2.24 bits per heavy atom. The molecule has 3 heterocycles. The largest absolute Gasteiger partial charge is 0.361 e. The van der Waals surface area contributed by atoms with Crippen LogP contribution in [0.5, 0.6) is 0 Å². The number of H-pyrrole nitrogens is 1. The smallest absolute Gasteiger partial charge is 0.253 e. The molecule has 3 aromatic rings. The average molecular weight is 354 g/mol. The number of piperidine rings is 1. The second-order valence-electron chi connectivity index (χ2n) is 6.20. The van der Waals surface area contributed by atoms with Crippen molar-refractivity contribution in [2.45, 2.75) is 12.8 Å². The number of anilines is 1. The normalized spacial score (nSPS) is 17.6. The Bertz CT molecular complexity index is 903. The van der Waals surface area contributed by atoms with Crippen LogP contribution in [0.2, 0.25) is 0 Å². The molecule has 2 aromatic heterocycles. The highest BCUT2D eigenvalue weighted by Crippen LogP contribution is 2.22. The van der Waals surface area contributed by atoms with Gasteiger partial charge in [0.2, 0.25) is 5.91 Å². The maximum absolute atomic E-state index is 12.8. The third-order valence-corrected chi connectivity index (χ3v) is 5.23. The van der Waals surface area contributed by atoms with E-state index in [-0.39, 0.29) is 17.7 Å². The Kier molecular flexibility index (Phi) is 4.23. The third kappa shape index (κ3) is 3.28. The van der Waals surface area contributed by atoms with E-state index in [0.29, 0.717) is 23.8 Å². The third-order valence-electron chi connectivity index (χ3n) is 4.54. The van der Waals surface area contributed by atoms with Gasteiger partial charge in [0, 0.05) is 47.3 Å². The summed E-state index contributed by atoms with van der Waals surface area (Å²) in [5.41, 5.74) is 1.67. The summed E-state index contributed by atoms with van der Waals surface area (Å²) in [6, 6.07) is 7.60. The molecule has 1 aliphatic rings. The number of amides is 2. The number of aromatic nitrogens is 2. The molecule has 1 atom stereocenters. The van der Waals surface area contributed by atoms with Gasteiger partial charge in [0.05, 0.1) is 5.92 Å². The van der Waals surface area contributed by atoms with Crippen molar-refractivity contribution in [3.8, 4) is 0 Å². The van der Waals surface area contributed by atoms with Gasteiger partial charge < -0.3 is 15.2 Å². The molecule has 7 heteroatoms. The number of aromatic amines is 1. The highest BCUT2D eigenvalue weighted by molar-refractivity contribution is 7.13. The lowest BCUT2D eigenvalue weighted by Crippen LogP contribution is -2.43. The predicted molar refractivity (Wildman–Crippen MR) is 97.7 cm³/mol. The van der Waals surface area contributed by atoms with Crippen molar-refractivity contribution in [1.29, 1.82) is 0 Å². The van der Waals surface area contributed by atoms with Crippen molar-refractivity contribution < 1.29 is 9.59 Å². The predicted octanol–water partition coefficient (Wildman–Crippen LogP) is 3.12. The van der Waals surface area contributed by atoms with Crippen LogP contribution in [-0.4, -0.2) is 39.8 Å². The molecule has 128 valence electrons. The molecule has 0 unspecified atom stereocenters. The Hall–Kier alpha value is -2.67. The zero-order valence-electron chi connectivity index (χ0n) is 13.6. The molecule has 0 bridgehead atoms. The molecule has 1 saturated heterocycles. The summed E-state index contributed by atoms with van der Waals surface area (Å²) in [7, 11) is 0. The van der Waals surface area contributed by atoms with Crippen molar-refractivity contribution in [3.63, 3.8) is 0 Å². The summed E-state index contributed by atoms with van der Waals surface area (Å²) >= 11 is 1.39. The minimum Gasteiger partial charge on any atom is -0.361 e. The molecule has 6 nitrogen and oxygen atoms in total. The lowest BCUT2D eigenvalue weighted by Gasteiger charge is -2.32. The van der Waals surface area contributed by atoms with E-state index in [9.17, 15) is 9.59 Å². The molecule has 1 aromatic carbocycles. The Morgan fingerprint density at radius 1 is 1.32 bits per heavy atom. The van der Waals surface area contributed by atoms with E-state index in [4.69, 9.17) is 0 Å². The van der Waals surface area contributed by atoms with E-state index < -0.39 is 0 Å². The maximum Gasteiger partial charge on any atom is 0.253 e. The van der Waals surface area contributed by atoms with Gasteiger partial charge in [0.1, 0.15) is 0 Å². The fourth-order valence-corrected chi connectivity index (χ4v) is 3.77. The van der Waals surface area contributed by atoms with Gasteiger partial charge in [-0.05, 0) is 37.1 Å². The molecule has 1 aliphatic heterocycles. The molecular weight excluding hydrogens is 336 g/mol. The van der Waals surface area contributed by atoms with Crippen LogP contribution in [0.1, 0.15) is 23.2 Å². The molecule has 1 fully saturated rings. The molecular formula is C18H18N4O2S. The van der Waals surface area contributed by atoms with Crippen LogP contribution in [0.15, 0.2) is 42.0 Å². The summed E-state index contributed by atoms with van der Waals surface area (Å²) in [6.45, 7) is 1.13. The second-order valence-corrected chi connectivity index (χ2v) is 7.09. The maximum atomic E-state index is 12.8. The molecule has 0 radical (unpaired) electrons. The lowest BCUT2D eigenvalue weighted by molar-refractivity contribution is -0.121. The minimum absolute atomic E-state index is 0.0187. The highest BCUT2D eigenvalue weighted by Gasteiger charge is 2.29. The number of hydrogen-bond acceptors (Lipinski definition) is 4. The number of nitrogens with one attached hydrogen (secondary N) is 2.